The minimum absolute atomic E-state index is 0.162. The zero-order valence-electron chi connectivity index (χ0n) is 14.4. The Morgan fingerprint density at radius 3 is 2.63 bits per heavy atom. The van der Waals surface area contributed by atoms with Crippen molar-refractivity contribution in [1.82, 2.24) is 19.7 Å². The molecule has 1 unspecified atom stereocenters. The number of rotatable bonds is 2. The van der Waals surface area contributed by atoms with Crippen LogP contribution in [-0.4, -0.2) is 25.5 Å². The summed E-state index contributed by atoms with van der Waals surface area (Å²) in [5.74, 6) is 1.41. The lowest BCUT2D eigenvalue weighted by molar-refractivity contribution is -0.116. The second kappa shape index (κ2) is 6.32. The number of carbonyl (C=O) groups excluding carboxylic acids is 1. The molecule has 2 aliphatic rings. The number of hydrogen-bond acceptors (Lipinski definition) is 5. The topological polar surface area (TPSA) is 72.7 Å². The van der Waals surface area contributed by atoms with Gasteiger partial charge in [-0.2, -0.15) is 4.98 Å². The summed E-state index contributed by atoms with van der Waals surface area (Å²) < 4.78 is 1.81. The predicted octanol–water partition coefficient (Wildman–Crippen LogP) is 4.02. The maximum Gasteiger partial charge on any atom is 0.226 e. The van der Waals surface area contributed by atoms with E-state index in [1.54, 1.807) is 17.1 Å². The molecule has 0 saturated heterocycles. The van der Waals surface area contributed by atoms with E-state index in [0.29, 0.717) is 23.2 Å². The highest BCUT2D eigenvalue weighted by molar-refractivity contribution is 6.30. The quantitative estimate of drug-likeness (QED) is 0.730. The fraction of sp³-hybridized carbons (Fsp3) is 0.200. The number of Topliss-reactive ketones (excluding diaryl/α,β-unsaturated/α-hetero) is 1. The Morgan fingerprint density at radius 1 is 1.07 bits per heavy atom. The first-order chi connectivity index (χ1) is 13.2. The number of fused-ring (bicyclic) bond motifs is 1. The smallest absolute Gasteiger partial charge is 0.226 e. The molecule has 134 valence electrons. The van der Waals surface area contributed by atoms with E-state index in [-0.39, 0.29) is 11.8 Å². The van der Waals surface area contributed by atoms with Gasteiger partial charge in [0.05, 0.1) is 0 Å². The van der Waals surface area contributed by atoms with Crippen molar-refractivity contribution in [1.29, 1.82) is 0 Å². The van der Waals surface area contributed by atoms with Crippen molar-refractivity contribution in [3.05, 3.63) is 70.6 Å². The van der Waals surface area contributed by atoms with Crippen LogP contribution in [0, 0.1) is 0 Å². The number of aromatic nitrogens is 4. The highest BCUT2D eigenvalue weighted by Crippen LogP contribution is 2.40. The number of ketones is 1. The molecular formula is C20H16ClN5O. The molecule has 3 heterocycles. The number of allylic oxidation sites excluding steroid dienone is 2. The summed E-state index contributed by atoms with van der Waals surface area (Å²) in [6.07, 6.45) is 5.68. The molecule has 0 bridgehead atoms. The van der Waals surface area contributed by atoms with Crippen molar-refractivity contribution < 1.29 is 4.79 Å². The number of carbonyl (C=O) groups is 1. The van der Waals surface area contributed by atoms with Crippen molar-refractivity contribution in [3.63, 3.8) is 0 Å². The summed E-state index contributed by atoms with van der Waals surface area (Å²) in [6, 6.07) is 11.0. The third-order valence-electron chi connectivity index (χ3n) is 4.99. The number of nitrogens with zero attached hydrogens (tertiary/aromatic N) is 4. The highest BCUT2D eigenvalue weighted by atomic mass is 35.5. The monoisotopic (exact) mass is 377 g/mol. The number of anilines is 1. The van der Waals surface area contributed by atoms with E-state index >= 15 is 0 Å². The van der Waals surface area contributed by atoms with Crippen molar-refractivity contribution >= 4 is 23.3 Å². The first-order valence-corrected chi connectivity index (χ1v) is 9.24. The number of pyridine rings is 1. The number of nitrogens with one attached hydrogen (secondary N) is 1. The van der Waals surface area contributed by atoms with Gasteiger partial charge in [0.25, 0.3) is 0 Å². The zero-order valence-corrected chi connectivity index (χ0v) is 15.1. The Morgan fingerprint density at radius 2 is 1.85 bits per heavy atom. The van der Waals surface area contributed by atoms with Gasteiger partial charge in [0.1, 0.15) is 6.04 Å². The zero-order chi connectivity index (χ0) is 18.4. The molecule has 1 aliphatic carbocycles. The number of benzene rings is 1. The van der Waals surface area contributed by atoms with E-state index in [1.165, 1.54) is 0 Å². The molecule has 1 aliphatic heterocycles. The largest absolute Gasteiger partial charge is 0.328 e. The van der Waals surface area contributed by atoms with E-state index < -0.39 is 0 Å². The fourth-order valence-electron chi connectivity index (χ4n) is 3.73. The first kappa shape index (κ1) is 16.2. The fourth-order valence-corrected chi connectivity index (χ4v) is 3.86. The Hall–Kier alpha value is -2.99. The van der Waals surface area contributed by atoms with Crippen LogP contribution in [0.25, 0.3) is 11.4 Å². The maximum atomic E-state index is 12.8. The number of hydrogen-bond donors (Lipinski definition) is 1. The lowest BCUT2D eigenvalue weighted by Crippen LogP contribution is -2.31. The lowest BCUT2D eigenvalue weighted by atomic mass is 9.85. The molecule has 7 heteroatoms. The molecule has 6 nitrogen and oxygen atoms in total. The second-order valence-electron chi connectivity index (χ2n) is 6.69. The van der Waals surface area contributed by atoms with Crippen LogP contribution in [0.4, 0.5) is 5.95 Å². The van der Waals surface area contributed by atoms with Crippen LogP contribution in [-0.2, 0) is 4.79 Å². The predicted molar refractivity (Wildman–Crippen MR) is 102 cm³/mol. The molecule has 5 rings (SSSR count). The molecule has 1 aromatic carbocycles. The summed E-state index contributed by atoms with van der Waals surface area (Å²) in [5.41, 5.74) is 3.58. The molecule has 2 aromatic heterocycles. The lowest BCUT2D eigenvalue weighted by Gasteiger charge is -2.32. The van der Waals surface area contributed by atoms with Crippen molar-refractivity contribution in [3.8, 4) is 11.4 Å². The summed E-state index contributed by atoms with van der Waals surface area (Å²) in [6.45, 7) is 0. The van der Waals surface area contributed by atoms with Crippen molar-refractivity contribution in [2.75, 3.05) is 5.32 Å². The van der Waals surface area contributed by atoms with E-state index in [0.717, 1.165) is 35.2 Å². The Kier molecular flexibility index (Phi) is 3.79. The summed E-state index contributed by atoms with van der Waals surface area (Å²) in [4.78, 5) is 21.5. The van der Waals surface area contributed by atoms with Gasteiger partial charge in [0, 0.05) is 40.7 Å². The molecule has 0 fully saturated rings. The van der Waals surface area contributed by atoms with Gasteiger partial charge in [-0.15, -0.1) is 5.10 Å². The molecule has 0 radical (unpaired) electrons. The summed E-state index contributed by atoms with van der Waals surface area (Å²) >= 11 is 6.07. The van der Waals surface area contributed by atoms with Gasteiger partial charge >= 0.3 is 0 Å². The molecule has 0 saturated carbocycles. The number of halogens is 1. The second-order valence-corrected chi connectivity index (χ2v) is 7.12. The highest BCUT2D eigenvalue weighted by Gasteiger charge is 2.36. The van der Waals surface area contributed by atoms with E-state index in [4.69, 9.17) is 16.7 Å². The first-order valence-electron chi connectivity index (χ1n) is 8.86. The van der Waals surface area contributed by atoms with Crippen LogP contribution in [0.15, 0.2) is 60.1 Å². The van der Waals surface area contributed by atoms with Crippen LogP contribution in [0.5, 0.6) is 0 Å². The molecule has 27 heavy (non-hydrogen) atoms. The molecule has 0 spiro atoms. The van der Waals surface area contributed by atoms with Crippen molar-refractivity contribution in [2.24, 2.45) is 0 Å². The molecule has 3 aromatic rings. The SMILES string of the molecule is O=C1CCCC2=C1C(c1ccc(Cl)cc1)n1nc(-c3ccncc3)nc1N2. The van der Waals surface area contributed by atoms with Crippen LogP contribution in [0.3, 0.4) is 0 Å². The van der Waals surface area contributed by atoms with E-state index in [2.05, 4.69) is 15.3 Å². The maximum absolute atomic E-state index is 12.8. The third kappa shape index (κ3) is 2.73. The van der Waals surface area contributed by atoms with Gasteiger partial charge in [0.15, 0.2) is 11.6 Å². The third-order valence-corrected chi connectivity index (χ3v) is 5.24. The summed E-state index contributed by atoms with van der Waals surface area (Å²) in [5, 5.41) is 8.72. The standard InChI is InChI=1S/C20H16ClN5O/c21-14-6-4-12(5-7-14)18-17-15(2-1-3-16(17)27)23-20-24-19(25-26(18)20)13-8-10-22-11-9-13/h4-11,18H,1-3H2,(H,23,24,25). The van der Waals surface area contributed by atoms with Gasteiger partial charge in [-0.25, -0.2) is 4.68 Å². The average Bonchev–Trinajstić information content (AvgIpc) is 3.12. The minimum Gasteiger partial charge on any atom is -0.328 e. The van der Waals surface area contributed by atoms with Crippen molar-refractivity contribution in [2.45, 2.75) is 25.3 Å². The Balaban J connectivity index is 1.68. The average molecular weight is 378 g/mol. The Bertz CT molecular complexity index is 1060. The normalized spacial score (nSPS) is 18.7. The Labute approximate surface area is 160 Å². The van der Waals surface area contributed by atoms with Crippen LogP contribution in [0.2, 0.25) is 5.02 Å². The van der Waals surface area contributed by atoms with E-state index in [1.807, 2.05) is 36.4 Å². The van der Waals surface area contributed by atoms with Gasteiger partial charge in [0.2, 0.25) is 5.95 Å². The minimum atomic E-state index is -0.301. The van der Waals surface area contributed by atoms with Gasteiger partial charge in [-0.05, 0) is 42.7 Å². The molecule has 1 N–H and O–H groups in total. The van der Waals surface area contributed by atoms with Gasteiger partial charge in [-0.3, -0.25) is 9.78 Å². The summed E-state index contributed by atoms with van der Waals surface area (Å²) in [7, 11) is 0. The van der Waals surface area contributed by atoms with Crippen LogP contribution in [0.1, 0.15) is 30.9 Å². The molecular weight excluding hydrogens is 362 g/mol. The van der Waals surface area contributed by atoms with Crippen LogP contribution < -0.4 is 5.32 Å². The van der Waals surface area contributed by atoms with Gasteiger partial charge < -0.3 is 5.32 Å². The van der Waals surface area contributed by atoms with Crippen LogP contribution >= 0.6 is 11.6 Å². The van der Waals surface area contributed by atoms with Gasteiger partial charge in [-0.1, -0.05) is 23.7 Å². The molecule has 0 amide bonds. The molecule has 1 atom stereocenters. The van der Waals surface area contributed by atoms with E-state index in [9.17, 15) is 4.79 Å².